The van der Waals surface area contributed by atoms with E-state index in [4.69, 9.17) is 0 Å². The summed E-state index contributed by atoms with van der Waals surface area (Å²) in [5.41, 5.74) is 4.13. The quantitative estimate of drug-likeness (QED) is 0.773. The van der Waals surface area contributed by atoms with E-state index in [0.29, 0.717) is 12.2 Å². The Bertz CT molecular complexity index is 831. The smallest absolute Gasteiger partial charge is 0.225 e. The van der Waals surface area contributed by atoms with E-state index in [9.17, 15) is 4.79 Å². The number of carbonyl (C=O) groups excluding carboxylic acids is 1. The van der Waals surface area contributed by atoms with Gasteiger partial charge in [0.1, 0.15) is 5.82 Å². The Balaban J connectivity index is 1.64. The highest BCUT2D eigenvalue weighted by Crippen LogP contribution is 2.17. The second-order valence-electron chi connectivity index (χ2n) is 5.62. The average molecular weight is 317 g/mol. The van der Waals surface area contributed by atoms with E-state index in [1.165, 1.54) is 11.1 Å². The van der Waals surface area contributed by atoms with Crippen LogP contribution < -0.4 is 5.32 Å². The Labute approximate surface area is 141 Å². The lowest BCUT2D eigenvalue weighted by Gasteiger charge is -2.08. The monoisotopic (exact) mass is 317 g/mol. The van der Waals surface area contributed by atoms with Crippen molar-refractivity contribution in [2.75, 3.05) is 5.32 Å². The Hall–Kier alpha value is -3.01. The van der Waals surface area contributed by atoms with Gasteiger partial charge < -0.3 is 5.32 Å². The summed E-state index contributed by atoms with van der Waals surface area (Å²) in [5, 5.41) is 2.87. The van der Waals surface area contributed by atoms with E-state index in [1.54, 1.807) is 18.5 Å². The number of hydrogen-bond donors (Lipinski definition) is 1. The first kappa shape index (κ1) is 15.9. The zero-order valence-electron chi connectivity index (χ0n) is 13.6. The van der Waals surface area contributed by atoms with Gasteiger partial charge in [-0.05, 0) is 48.7 Å². The molecule has 1 amide bonds. The number of hydrogen-bond acceptors (Lipinski definition) is 3. The molecule has 0 aliphatic carbocycles. The minimum absolute atomic E-state index is 0.0333. The minimum Gasteiger partial charge on any atom is -0.311 e. The molecule has 4 heteroatoms. The SMILES string of the molecule is Cc1ccccc1CCC(=O)Nc1cccc(-c2cccnc2)n1. The standard InChI is InChI=1S/C20H19N3O/c1-15-6-2-3-7-16(15)11-12-20(24)23-19-10-4-9-18(22-19)17-8-5-13-21-14-17/h2-10,13-14H,11-12H2,1H3,(H,22,23,24). The summed E-state index contributed by atoms with van der Waals surface area (Å²) in [6.45, 7) is 2.06. The normalized spacial score (nSPS) is 10.4. The van der Waals surface area contributed by atoms with Crippen molar-refractivity contribution in [3.63, 3.8) is 0 Å². The molecule has 0 atom stereocenters. The summed E-state index contributed by atoms with van der Waals surface area (Å²) in [6.07, 6.45) is 4.64. The van der Waals surface area contributed by atoms with Crippen molar-refractivity contribution in [1.29, 1.82) is 0 Å². The number of nitrogens with one attached hydrogen (secondary N) is 1. The van der Waals surface area contributed by atoms with Gasteiger partial charge in [0, 0.05) is 24.4 Å². The van der Waals surface area contributed by atoms with Gasteiger partial charge in [0.15, 0.2) is 0 Å². The van der Waals surface area contributed by atoms with Crippen molar-refractivity contribution >= 4 is 11.7 Å². The van der Waals surface area contributed by atoms with Crippen molar-refractivity contribution in [1.82, 2.24) is 9.97 Å². The zero-order valence-corrected chi connectivity index (χ0v) is 13.6. The van der Waals surface area contributed by atoms with Crippen LogP contribution in [0.4, 0.5) is 5.82 Å². The molecule has 120 valence electrons. The number of aryl methyl sites for hydroxylation is 2. The first-order valence-electron chi connectivity index (χ1n) is 7.94. The van der Waals surface area contributed by atoms with Crippen LogP contribution in [0.1, 0.15) is 17.5 Å². The van der Waals surface area contributed by atoms with Gasteiger partial charge >= 0.3 is 0 Å². The molecule has 1 N–H and O–H groups in total. The van der Waals surface area contributed by atoms with Crippen molar-refractivity contribution in [2.24, 2.45) is 0 Å². The maximum absolute atomic E-state index is 12.2. The molecule has 0 unspecified atom stereocenters. The van der Waals surface area contributed by atoms with Gasteiger partial charge in [0.05, 0.1) is 5.69 Å². The lowest BCUT2D eigenvalue weighted by atomic mass is 10.0. The summed E-state index contributed by atoms with van der Waals surface area (Å²) >= 11 is 0. The number of nitrogens with zero attached hydrogens (tertiary/aromatic N) is 2. The van der Waals surface area contributed by atoms with Crippen LogP contribution in [0.25, 0.3) is 11.3 Å². The summed E-state index contributed by atoms with van der Waals surface area (Å²) in [4.78, 5) is 20.8. The Kier molecular flexibility index (Phi) is 4.96. The molecule has 0 aliphatic heterocycles. The van der Waals surface area contributed by atoms with Crippen LogP contribution in [-0.4, -0.2) is 15.9 Å². The molecule has 0 radical (unpaired) electrons. The van der Waals surface area contributed by atoms with Crippen LogP contribution in [0.5, 0.6) is 0 Å². The molecule has 3 aromatic rings. The van der Waals surface area contributed by atoms with Crippen molar-refractivity contribution in [3.8, 4) is 11.3 Å². The Morgan fingerprint density at radius 2 is 1.92 bits per heavy atom. The summed E-state index contributed by atoms with van der Waals surface area (Å²) in [5.74, 6) is 0.528. The van der Waals surface area contributed by atoms with E-state index in [1.807, 2.05) is 36.4 Å². The maximum Gasteiger partial charge on any atom is 0.225 e. The van der Waals surface area contributed by atoms with Crippen LogP contribution >= 0.6 is 0 Å². The lowest BCUT2D eigenvalue weighted by Crippen LogP contribution is -2.13. The second kappa shape index (κ2) is 7.51. The van der Waals surface area contributed by atoms with Crippen molar-refractivity contribution in [3.05, 3.63) is 78.1 Å². The molecule has 0 spiro atoms. The Morgan fingerprint density at radius 3 is 2.71 bits per heavy atom. The molecule has 0 fully saturated rings. The highest BCUT2D eigenvalue weighted by molar-refractivity contribution is 5.90. The topological polar surface area (TPSA) is 54.9 Å². The minimum atomic E-state index is -0.0333. The van der Waals surface area contributed by atoms with E-state index in [0.717, 1.165) is 17.7 Å². The second-order valence-corrected chi connectivity index (χ2v) is 5.62. The predicted octanol–water partition coefficient (Wildman–Crippen LogP) is 4.02. The highest BCUT2D eigenvalue weighted by Gasteiger charge is 2.07. The van der Waals surface area contributed by atoms with Crippen molar-refractivity contribution < 1.29 is 4.79 Å². The molecule has 2 aromatic heterocycles. The summed E-state index contributed by atoms with van der Waals surface area (Å²) in [6, 6.07) is 17.5. The molecular formula is C20H19N3O. The third-order valence-corrected chi connectivity index (χ3v) is 3.86. The van der Waals surface area contributed by atoms with Gasteiger partial charge in [-0.1, -0.05) is 30.3 Å². The molecule has 1 aromatic carbocycles. The molecule has 0 saturated carbocycles. The van der Waals surface area contributed by atoms with E-state index in [2.05, 4.69) is 34.3 Å². The molecule has 3 rings (SSSR count). The van der Waals surface area contributed by atoms with Gasteiger partial charge in [0.2, 0.25) is 5.91 Å². The third kappa shape index (κ3) is 4.04. The van der Waals surface area contributed by atoms with Crippen LogP contribution in [0.2, 0.25) is 0 Å². The lowest BCUT2D eigenvalue weighted by molar-refractivity contribution is -0.116. The molecule has 2 heterocycles. The third-order valence-electron chi connectivity index (χ3n) is 3.86. The maximum atomic E-state index is 12.2. The van der Waals surface area contributed by atoms with E-state index < -0.39 is 0 Å². The molecule has 0 saturated heterocycles. The first-order valence-corrected chi connectivity index (χ1v) is 7.94. The number of benzene rings is 1. The van der Waals surface area contributed by atoms with Crippen LogP contribution in [0, 0.1) is 6.92 Å². The fourth-order valence-corrected chi connectivity index (χ4v) is 2.52. The molecule has 4 nitrogen and oxygen atoms in total. The number of pyridine rings is 2. The van der Waals surface area contributed by atoms with Crippen LogP contribution in [0.3, 0.4) is 0 Å². The van der Waals surface area contributed by atoms with Crippen LogP contribution in [0.15, 0.2) is 67.0 Å². The average Bonchev–Trinajstić information content (AvgIpc) is 2.62. The summed E-state index contributed by atoms with van der Waals surface area (Å²) in [7, 11) is 0. The molecule has 24 heavy (non-hydrogen) atoms. The van der Waals surface area contributed by atoms with E-state index in [-0.39, 0.29) is 5.91 Å². The number of anilines is 1. The largest absolute Gasteiger partial charge is 0.311 e. The fraction of sp³-hybridized carbons (Fsp3) is 0.150. The highest BCUT2D eigenvalue weighted by atomic mass is 16.1. The Morgan fingerprint density at radius 1 is 1.04 bits per heavy atom. The number of amides is 1. The zero-order chi connectivity index (χ0) is 16.8. The fourth-order valence-electron chi connectivity index (χ4n) is 2.52. The molecular weight excluding hydrogens is 298 g/mol. The number of aromatic nitrogens is 2. The van der Waals surface area contributed by atoms with Gasteiger partial charge in [-0.15, -0.1) is 0 Å². The molecule has 0 aliphatic rings. The van der Waals surface area contributed by atoms with Gasteiger partial charge in [-0.2, -0.15) is 0 Å². The van der Waals surface area contributed by atoms with Gasteiger partial charge in [-0.25, -0.2) is 4.98 Å². The molecule has 0 bridgehead atoms. The van der Waals surface area contributed by atoms with E-state index >= 15 is 0 Å². The number of carbonyl (C=O) groups is 1. The van der Waals surface area contributed by atoms with Crippen molar-refractivity contribution in [2.45, 2.75) is 19.8 Å². The summed E-state index contributed by atoms with van der Waals surface area (Å²) < 4.78 is 0. The number of rotatable bonds is 5. The van der Waals surface area contributed by atoms with Gasteiger partial charge in [-0.3, -0.25) is 9.78 Å². The van der Waals surface area contributed by atoms with Crippen LogP contribution in [-0.2, 0) is 11.2 Å². The van der Waals surface area contributed by atoms with Gasteiger partial charge in [0.25, 0.3) is 0 Å². The predicted molar refractivity (Wildman–Crippen MR) is 95.6 cm³/mol. The first-order chi connectivity index (χ1) is 11.7.